The van der Waals surface area contributed by atoms with Gasteiger partial charge >= 0.3 is 0 Å². The summed E-state index contributed by atoms with van der Waals surface area (Å²) in [4.78, 5) is 0. The molecule has 7 heteroatoms. The quantitative estimate of drug-likeness (QED) is 0.595. The Hall–Kier alpha value is -2.58. The van der Waals surface area contributed by atoms with Crippen LogP contribution in [0.25, 0.3) is 0 Å². The molecule has 0 saturated heterocycles. The summed E-state index contributed by atoms with van der Waals surface area (Å²) in [5.74, 6) is -0.385. The first-order valence-electron chi connectivity index (χ1n) is 11.4. The van der Waals surface area contributed by atoms with Crippen molar-refractivity contribution < 1.29 is 33.9 Å². The van der Waals surface area contributed by atoms with E-state index in [2.05, 4.69) is 6.08 Å². The molecular weight excluding hydrogens is 436 g/mol. The van der Waals surface area contributed by atoms with Gasteiger partial charge in [-0.05, 0) is 70.4 Å². The molecule has 4 rings (SSSR count). The van der Waals surface area contributed by atoms with Crippen LogP contribution in [-0.4, -0.2) is 42.7 Å². The van der Waals surface area contributed by atoms with Gasteiger partial charge in [0.05, 0.1) is 16.7 Å². The Morgan fingerprint density at radius 3 is 2.59 bits per heavy atom. The maximum absolute atomic E-state index is 10.8. The number of ether oxygens (including phenoxy) is 5. The van der Waals surface area contributed by atoms with Crippen LogP contribution in [0.4, 0.5) is 0 Å². The minimum Gasteiger partial charge on any atom is -0.507 e. The van der Waals surface area contributed by atoms with Crippen molar-refractivity contribution in [1.29, 1.82) is 0 Å². The van der Waals surface area contributed by atoms with Crippen LogP contribution in [0, 0.1) is 6.92 Å². The molecule has 2 heterocycles. The van der Waals surface area contributed by atoms with Gasteiger partial charge in [0, 0.05) is 19.8 Å². The van der Waals surface area contributed by atoms with E-state index in [1.807, 2.05) is 39.0 Å². The molecular formula is C27H34O7. The van der Waals surface area contributed by atoms with E-state index in [9.17, 15) is 10.2 Å². The van der Waals surface area contributed by atoms with Gasteiger partial charge in [0.2, 0.25) is 5.79 Å². The first kappa shape index (κ1) is 24.5. The van der Waals surface area contributed by atoms with E-state index >= 15 is 0 Å². The third-order valence-electron chi connectivity index (χ3n) is 6.37. The van der Waals surface area contributed by atoms with E-state index in [1.54, 1.807) is 27.0 Å². The molecule has 34 heavy (non-hydrogen) atoms. The van der Waals surface area contributed by atoms with Gasteiger partial charge in [-0.3, -0.25) is 0 Å². The van der Waals surface area contributed by atoms with Crippen molar-refractivity contribution in [2.75, 3.05) is 20.8 Å². The SMILES string of the molecule is CO[C@@H]1O[C@](OC)(c2cc(C)cc3c2O[C@H](C(C)(C)O)CO3)c2c(CC=C(C)C)ccc(O)c21. The normalized spacial score (nSPS) is 23.5. The molecule has 0 fully saturated rings. The molecule has 2 aliphatic rings. The van der Waals surface area contributed by atoms with Crippen LogP contribution in [0.3, 0.4) is 0 Å². The Kier molecular flexibility index (Phi) is 6.42. The van der Waals surface area contributed by atoms with Gasteiger partial charge in [-0.15, -0.1) is 0 Å². The lowest BCUT2D eigenvalue weighted by atomic mass is 9.87. The van der Waals surface area contributed by atoms with Crippen molar-refractivity contribution in [3.05, 3.63) is 63.7 Å². The van der Waals surface area contributed by atoms with Crippen LogP contribution < -0.4 is 9.47 Å². The lowest BCUT2D eigenvalue weighted by molar-refractivity contribution is -0.268. The second kappa shape index (κ2) is 8.89. The zero-order valence-electron chi connectivity index (χ0n) is 20.9. The van der Waals surface area contributed by atoms with Gasteiger partial charge in [0.25, 0.3) is 0 Å². The topological polar surface area (TPSA) is 86.6 Å². The highest BCUT2D eigenvalue weighted by atomic mass is 16.8. The van der Waals surface area contributed by atoms with E-state index in [1.165, 1.54) is 12.7 Å². The Morgan fingerprint density at radius 2 is 1.97 bits per heavy atom. The van der Waals surface area contributed by atoms with Crippen molar-refractivity contribution >= 4 is 0 Å². The summed E-state index contributed by atoms with van der Waals surface area (Å²) in [7, 11) is 3.08. The summed E-state index contributed by atoms with van der Waals surface area (Å²) in [5.41, 5.74) is 3.69. The molecule has 0 saturated carbocycles. The van der Waals surface area contributed by atoms with Crippen LogP contribution in [-0.2, 0) is 26.4 Å². The minimum absolute atomic E-state index is 0.0646. The Labute approximate surface area is 200 Å². The highest BCUT2D eigenvalue weighted by molar-refractivity contribution is 5.60. The molecule has 0 radical (unpaired) electrons. The molecule has 184 valence electrons. The zero-order valence-corrected chi connectivity index (χ0v) is 20.9. The molecule has 7 nitrogen and oxygen atoms in total. The number of aryl methyl sites for hydroxylation is 1. The average Bonchev–Trinajstić information content (AvgIpc) is 3.13. The lowest BCUT2D eigenvalue weighted by Gasteiger charge is -2.38. The number of benzene rings is 2. The van der Waals surface area contributed by atoms with Crippen molar-refractivity contribution in [2.24, 2.45) is 0 Å². The maximum atomic E-state index is 10.8. The fourth-order valence-electron chi connectivity index (χ4n) is 4.56. The van der Waals surface area contributed by atoms with Crippen LogP contribution in [0.2, 0.25) is 0 Å². The standard InChI is InChI=1S/C27H34O7/c1-15(2)8-9-17-10-11-19(28)22-23(17)27(31-7,34-25(22)30-6)18-12-16(3)13-20-24(18)33-21(14-32-20)26(4,5)29/h8,10-13,21,25,28-29H,9,14H2,1-7H3/t21-,25+,27+/m0/s1. The van der Waals surface area contributed by atoms with Crippen LogP contribution >= 0.6 is 0 Å². The number of allylic oxidation sites excluding steroid dienone is 2. The van der Waals surface area contributed by atoms with Crippen LogP contribution in [0.5, 0.6) is 17.2 Å². The highest BCUT2D eigenvalue weighted by Gasteiger charge is 2.53. The minimum atomic E-state index is -1.43. The fraction of sp³-hybridized carbons (Fsp3) is 0.481. The monoisotopic (exact) mass is 470 g/mol. The van der Waals surface area contributed by atoms with Gasteiger partial charge < -0.3 is 33.9 Å². The number of fused-ring (bicyclic) bond motifs is 2. The summed E-state index contributed by atoms with van der Waals surface area (Å²) in [5, 5.41) is 21.4. The van der Waals surface area contributed by atoms with Gasteiger partial charge in [0.1, 0.15) is 12.4 Å². The molecule has 2 aromatic carbocycles. The summed E-state index contributed by atoms with van der Waals surface area (Å²) >= 11 is 0. The van der Waals surface area contributed by atoms with Gasteiger partial charge in [-0.2, -0.15) is 0 Å². The lowest BCUT2D eigenvalue weighted by Crippen LogP contribution is -2.47. The van der Waals surface area contributed by atoms with Crippen LogP contribution in [0.1, 0.15) is 61.8 Å². The summed E-state index contributed by atoms with van der Waals surface area (Å²) < 4.78 is 30.6. The average molecular weight is 471 g/mol. The summed E-state index contributed by atoms with van der Waals surface area (Å²) in [6.07, 6.45) is 1.28. The smallest absolute Gasteiger partial charge is 0.229 e. The van der Waals surface area contributed by atoms with Crippen molar-refractivity contribution in [3.63, 3.8) is 0 Å². The third-order valence-corrected chi connectivity index (χ3v) is 6.37. The summed E-state index contributed by atoms with van der Waals surface area (Å²) in [6, 6.07) is 7.35. The highest BCUT2D eigenvalue weighted by Crippen LogP contribution is 2.56. The molecule has 0 aliphatic carbocycles. The first-order valence-corrected chi connectivity index (χ1v) is 11.4. The maximum Gasteiger partial charge on any atom is 0.229 e. The predicted molar refractivity (Wildman–Crippen MR) is 127 cm³/mol. The molecule has 2 aliphatic heterocycles. The first-order chi connectivity index (χ1) is 16.0. The number of phenols is 1. The third kappa shape index (κ3) is 4.07. The van der Waals surface area contributed by atoms with Crippen LogP contribution in [0.15, 0.2) is 35.9 Å². The van der Waals surface area contributed by atoms with Crippen molar-refractivity contribution in [1.82, 2.24) is 0 Å². The number of hydrogen-bond acceptors (Lipinski definition) is 7. The second-order valence-electron chi connectivity index (χ2n) is 9.74. The number of hydrogen-bond donors (Lipinski definition) is 2. The van der Waals surface area contributed by atoms with Crippen molar-refractivity contribution in [2.45, 2.75) is 64.8 Å². The van der Waals surface area contributed by atoms with E-state index in [0.717, 1.165) is 11.1 Å². The van der Waals surface area contributed by atoms with E-state index < -0.39 is 23.8 Å². The molecule has 2 aromatic rings. The predicted octanol–water partition coefficient (Wildman–Crippen LogP) is 4.64. The second-order valence-corrected chi connectivity index (χ2v) is 9.74. The zero-order chi connectivity index (χ0) is 24.8. The molecule has 0 unspecified atom stereocenters. The van der Waals surface area contributed by atoms with Gasteiger partial charge in [0.15, 0.2) is 23.9 Å². The van der Waals surface area contributed by atoms with Gasteiger partial charge in [-0.1, -0.05) is 17.7 Å². The number of methoxy groups -OCH3 is 2. The molecule has 2 N–H and O–H groups in total. The number of aromatic hydroxyl groups is 1. The molecule has 0 bridgehead atoms. The number of phenolic OH excluding ortho intramolecular Hbond substituents is 1. The van der Waals surface area contributed by atoms with E-state index in [-0.39, 0.29) is 12.4 Å². The molecule has 0 spiro atoms. The number of aliphatic hydroxyl groups is 1. The molecule has 0 amide bonds. The van der Waals surface area contributed by atoms with Crippen molar-refractivity contribution in [3.8, 4) is 17.2 Å². The molecule has 0 aromatic heterocycles. The number of rotatable bonds is 6. The Bertz CT molecular complexity index is 1110. The van der Waals surface area contributed by atoms with E-state index in [4.69, 9.17) is 23.7 Å². The summed E-state index contributed by atoms with van der Waals surface area (Å²) in [6.45, 7) is 9.61. The Balaban J connectivity index is 1.99. The Morgan fingerprint density at radius 1 is 1.24 bits per heavy atom. The molecule has 3 atom stereocenters. The fourth-order valence-corrected chi connectivity index (χ4v) is 4.56. The van der Waals surface area contributed by atoms with E-state index in [0.29, 0.717) is 34.6 Å². The van der Waals surface area contributed by atoms with Gasteiger partial charge in [-0.25, -0.2) is 0 Å². The largest absolute Gasteiger partial charge is 0.507 e.